The number of imidazole rings is 1. The third kappa shape index (κ3) is 0.844. The summed E-state index contributed by atoms with van der Waals surface area (Å²) >= 11 is 6.53. The monoisotopic (exact) mass is 185 g/mol. The predicted molar refractivity (Wildman–Crippen MR) is 48.5 cm³/mol. The van der Waals surface area contributed by atoms with Crippen molar-refractivity contribution in [3.8, 4) is 0 Å². The van der Waals surface area contributed by atoms with Gasteiger partial charge in [0.05, 0.1) is 11.2 Å². The van der Waals surface area contributed by atoms with Crippen molar-refractivity contribution in [2.45, 2.75) is 6.92 Å². The van der Waals surface area contributed by atoms with E-state index >= 15 is 0 Å². The molecule has 0 radical (unpaired) electrons. The van der Waals surface area contributed by atoms with Crippen LogP contribution in [0.3, 0.4) is 0 Å². The standard InChI is InChI=1S/C6H7N3S2/c1-3-4-5(11-8-3)9(2)6(10)7-4/h1-2H3,(H,7,10). The van der Waals surface area contributed by atoms with Gasteiger partial charge in [-0.1, -0.05) is 0 Å². The third-order valence-electron chi connectivity index (χ3n) is 1.69. The lowest BCUT2D eigenvalue weighted by Gasteiger charge is -1.84. The first-order chi connectivity index (χ1) is 5.20. The van der Waals surface area contributed by atoms with Gasteiger partial charge in [0.1, 0.15) is 4.83 Å². The fourth-order valence-electron chi connectivity index (χ4n) is 1.01. The van der Waals surface area contributed by atoms with Gasteiger partial charge in [-0.3, -0.25) is 0 Å². The molecule has 2 aromatic rings. The van der Waals surface area contributed by atoms with Crippen LogP contribution in [0.25, 0.3) is 10.3 Å². The first kappa shape index (κ1) is 7.00. The lowest BCUT2D eigenvalue weighted by molar-refractivity contribution is 0.933. The molecule has 0 fully saturated rings. The Bertz CT molecular complexity index is 448. The Morgan fingerprint density at radius 1 is 1.64 bits per heavy atom. The van der Waals surface area contributed by atoms with Crippen molar-refractivity contribution < 1.29 is 0 Å². The number of nitrogens with zero attached hydrogens (tertiary/aromatic N) is 2. The first-order valence-electron chi connectivity index (χ1n) is 3.21. The van der Waals surface area contributed by atoms with Crippen molar-refractivity contribution >= 4 is 34.1 Å². The SMILES string of the molecule is Cc1nsc2c1[nH]c(=S)n2C. The molecule has 0 spiro atoms. The molecule has 0 aliphatic heterocycles. The largest absolute Gasteiger partial charge is 0.328 e. The predicted octanol–water partition coefficient (Wildman–Crippen LogP) is 2.00. The van der Waals surface area contributed by atoms with Crippen LogP contribution >= 0.6 is 23.8 Å². The Labute approximate surface area is 72.8 Å². The molecule has 1 N–H and O–H groups in total. The Morgan fingerprint density at radius 3 is 3.00 bits per heavy atom. The molecule has 58 valence electrons. The van der Waals surface area contributed by atoms with Crippen molar-refractivity contribution in [2.75, 3.05) is 0 Å². The molecule has 3 nitrogen and oxygen atoms in total. The molecule has 5 heteroatoms. The second-order valence-electron chi connectivity index (χ2n) is 2.44. The first-order valence-corrected chi connectivity index (χ1v) is 4.39. The van der Waals surface area contributed by atoms with E-state index in [9.17, 15) is 0 Å². The van der Waals surface area contributed by atoms with Crippen LogP contribution in [0.1, 0.15) is 5.69 Å². The Balaban J connectivity index is 3.05. The van der Waals surface area contributed by atoms with Gasteiger partial charge < -0.3 is 9.55 Å². The molecular formula is C6H7N3S2. The number of fused-ring (bicyclic) bond motifs is 1. The van der Waals surface area contributed by atoms with Crippen LogP contribution in [-0.2, 0) is 7.05 Å². The van der Waals surface area contributed by atoms with E-state index < -0.39 is 0 Å². The zero-order chi connectivity index (χ0) is 8.01. The fraction of sp³-hybridized carbons (Fsp3) is 0.333. The summed E-state index contributed by atoms with van der Waals surface area (Å²) in [6.45, 7) is 1.98. The summed E-state index contributed by atoms with van der Waals surface area (Å²) < 4.78 is 6.90. The van der Waals surface area contributed by atoms with Crippen LogP contribution in [0.2, 0.25) is 0 Å². The number of hydrogen-bond acceptors (Lipinski definition) is 3. The molecule has 0 atom stereocenters. The minimum atomic E-state index is 0.761. The summed E-state index contributed by atoms with van der Waals surface area (Å²) in [4.78, 5) is 4.22. The maximum Gasteiger partial charge on any atom is 0.178 e. The van der Waals surface area contributed by atoms with E-state index in [1.165, 1.54) is 11.5 Å². The molecule has 0 saturated heterocycles. The van der Waals surface area contributed by atoms with Crippen molar-refractivity contribution in [1.82, 2.24) is 13.9 Å². The van der Waals surface area contributed by atoms with Crippen LogP contribution in [0.4, 0.5) is 0 Å². The quantitative estimate of drug-likeness (QED) is 0.637. The lowest BCUT2D eigenvalue weighted by Crippen LogP contribution is -1.83. The van der Waals surface area contributed by atoms with Gasteiger partial charge in [0, 0.05) is 7.05 Å². The highest BCUT2D eigenvalue weighted by Gasteiger charge is 2.05. The molecule has 2 aromatic heterocycles. The number of hydrogen-bond donors (Lipinski definition) is 1. The minimum Gasteiger partial charge on any atom is -0.328 e. The summed E-state index contributed by atoms with van der Waals surface area (Å²) in [5, 5.41) is 0. The highest BCUT2D eigenvalue weighted by Crippen LogP contribution is 2.19. The smallest absolute Gasteiger partial charge is 0.178 e. The average molecular weight is 185 g/mol. The normalized spacial score (nSPS) is 11.1. The molecule has 2 rings (SSSR count). The van der Waals surface area contributed by atoms with Gasteiger partial charge in [-0.25, -0.2) is 0 Å². The van der Waals surface area contributed by atoms with Gasteiger partial charge in [-0.15, -0.1) is 0 Å². The molecule has 0 saturated carbocycles. The van der Waals surface area contributed by atoms with Gasteiger partial charge in [-0.2, -0.15) is 4.37 Å². The van der Waals surface area contributed by atoms with E-state index in [1.807, 2.05) is 18.5 Å². The maximum atomic E-state index is 5.05. The Kier molecular flexibility index (Phi) is 1.37. The summed E-state index contributed by atoms with van der Waals surface area (Å²) in [5.41, 5.74) is 2.10. The van der Waals surface area contributed by atoms with Crippen molar-refractivity contribution in [2.24, 2.45) is 7.05 Å². The van der Waals surface area contributed by atoms with Crippen molar-refractivity contribution in [1.29, 1.82) is 0 Å². The highest BCUT2D eigenvalue weighted by atomic mass is 32.1. The number of aromatic nitrogens is 3. The number of aromatic amines is 1. The number of nitrogens with one attached hydrogen (secondary N) is 1. The Morgan fingerprint density at radius 2 is 2.36 bits per heavy atom. The van der Waals surface area contributed by atoms with E-state index in [0.717, 1.165) is 20.8 Å². The zero-order valence-electron chi connectivity index (χ0n) is 6.21. The lowest BCUT2D eigenvalue weighted by atomic mass is 10.4. The van der Waals surface area contributed by atoms with Gasteiger partial charge in [0.25, 0.3) is 0 Å². The maximum absolute atomic E-state index is 5.05. The molecule has 0 amide bonds. The zero-order valence-corrected chi connectivity index (χ0v) is 7.84. The summed E-state index contributed by atoms with van der Waals surface area (Å²) in [6, 6.07) is 0. The Hall–Kier alpha value is -0.680. The summed E-state index contributed by atoms with van der Waals surface area (Å²) in [5.74, 6) is 0. The van der Waals surface area contributed by atoms with E-state index in [4.69, 9.17) is 12.2 Å². The number of H-pyrrole nitrogens is 1. The van der Waals surface area contributed by atoms with Gasteiger partial charge in [0.15, 0.2) is 4.77 Å². The fourth-order valence-corrected chi connectivity index (χ4v) is 2.08. The molecule has 0 bridgehead atoms. The molecule has 2 heterocycles. The molecule has 0 aromatic carbocycles. The van der Waals surface area contributed by atoms with Crippen molar-refractivity contribution in [3.05, 3.63) is 10.5 Å². The van der Waals surface area contributed by atoms with Gasteiger partial charge >= 0.3 is 0 Å². The van der Waals surface area contributed by atoms with E-state index in [1.54, 1.807) is 0 Å². The highest BCUT2D eigenvalue weighted by molar-refractivity contribution is 7.71. The minimum absolute atomic E-state index is 0.761. The second kappa shape index (κ2) is 2.15. The second-order valence-corrected chi connectivity index (χ2v) is 3.58. The molecular weight excluding hydrogens is 178 g/mol. The van der Waals surface area contributed by atoms with Crippen LogP contribution in [0.15, 0.2) is 0 Å². The van der Waals surface area contributed by atoms with Crippen LogP contribution in [0.5, 0.6) is 0 Å². The van der Waals surface area contributed by atoms with Crippen LogP contribution < -0.4 is 0 Å². The van der Waals surface area contributed by atoms with E-state index in [-0.39, 0.29) is 0 Å². The van der Waals surface area contributed by atoms with Crippen LogP contribution in [0, 0.1) is 11.7 Å². The van der Waals surface area contributed by atoms with E-state index in [0.29, 0.717) is 0 Å². The third-order valence-corrected chi connectivity index (χ3v) is 3.08. The summed E-state index contributed by atoms with van der Waals surface area (Å²) in [7, 11) is 1.94. The molecule has 0 aliphatic carbocycles. The topological polar surface area (TPSA) is 33.6 Å². The van der Waals surface area contributed by atoms with Crippen molar-refractivity contribution in [3.63, 3.8) is 0 Å². The van der Waals surface area contributed by atoms with Crippen LogP contribution in [-0.4, -0.2) is 13.9 Å². The molecule has 0 aliphatic rings. The number of rotatable bonds is 0. The van der Waals surface area contributed by atoms with E-state index in [2.05, 4.69) is 9.36 Å². The van der Waals surface area contributed by atoms with Gasteiger partial charge in [-0.05, 0) is 30.7 Å². The average Bonchev–Trinajstić information content (AvgIpc) is 2.43. The molecule has 0 unspecified atom stereocenters. The van der Waals surface area contributed by atoms with Gasteiger partial charge in [0.2, 0.25) is 0 Å². The summed E-state index contributed by atoms with van der Waals surface area (Å²) in [6.07, 6.45) is 0. The number of aryl methyl sites for hydroxylation is 2. The molecule has 11 heavy (non-hydrogen) atoms.